The summed E-state index contributed by atoms with van der Waals surface area (Å²) in [6.07, 6.45) is -8.88. The van der Waals surface area contributed by atoms with Crippen LogP contribution in [0.4, 0.5) is 36.7 Å². The smallest absolute Gasteiger partial charge is 0.368 e. The zero-order valence-corrected chi connectivity index (χ0v) is 19.6. The molecule has 1 saturated heterocycles. The Hall–Kier alpha value is -3.34. The lowest BCUT2D eigenvalue weighted by molar-refractivity contribution is -0.141. The van der Waals surface area contributed by atoms with E-state index in [-0.39, 0.29) is 13.0 Å². The van der Waals surface area contributed by atoms with E-state index in [4.69, 9.17) is 5.73 Å². The van der Waals surface area contributed by atoms with Gasteiger partial charge in [0.15, 0.2) is 5.69 Å². The van der Waals surface area contributed by atoms with Crippen LogP contribution >= 0.6 is 0 Å². The second kappa shape index (κ2) is 9.20. The Labute approximate surface area is 205 Å². The lowest BCUT2D eigenvalue weighted by Crippen LogP contribution is -2.44. The topological polar surface area (TPSA) is 120 Å². The van der Waals surface area contributed by atoms with Crippen molar-refractivity contribution in [2.75, 3.05) is 25.1 Å². The number of nitrogen functional groups attached to an aromatic ring is 1. The van der Waals surface area contributed by atoms with Gasteiger partial charge in [-0.15, -0.1) is 0 Å². The number of anilines is 1. The lowest BCUT2D eigenvalue weighted by Gasteiger charge is -2.34. The Morgan fingerprint density at radius 2 is 1.78 bits per heavy atom. The summed E-state index contributed by atoms with van der Waals surface area (Å²) < 4.78 is 123. The van der Waals surface area contributed by atoms with E-state index < -0.39 is 81.0 Å². The number of aromatic nitrogens is 5. The number of alkyl halides is 7. The second-order valence-corrected chi connectivity index (χ2v) is 10.2. The zero-order valence-electron chi connectivity index (χ0n) is 18.8. The second-order valence-electron chi connectivity index (χ2n) is 8.26. The molecule has 1 fully saturated rings. The van der Waals surface area contributed by atoms with Crippen molar-refractivity contribution in [2.45, 2.75) is 30.9 Å². The maximum absolute atomic E-state index is 15.0. The van der Waals surface area contributed by atoms with Gasteiger partial charge in [-0.2, -0.15) is 30.6 Å². The normalized spacial score (nSPS) is 19.8. The molecule has 3 aromatic heterocycles. The van der Waals surface area contributed by atoms with E-state index in [1.165, 1.54) is 6.07 Å². The molecule has 3 aromatic rings. The van der Waals surface area contributed by atoms with E-state index in [9.17, 15) is 34.8 Å². The summed E-state index contributed by atoms with van der Waals surface area (Å²) in [7, 11) is -3.78. The summed E-state index contributed by atoms with van der Waals surface area (Å²) in [5.41, 5.74) is 0.244. The summed E-state index contributed by atoms with van der Waals surface area (Å²) in [5, 5.41) is 0. The molecule has 0 radical (unpaired) electrons. The van der Waals surface area contributed by atoms with E-state index in [1.807, 2.05) is 0 Å². The number of sulfonamides is 1. The Balaban J connectivity index is 1.83. The van der Waals surface area contributed by atoms with Crippen molar-refractivity contribution in [3.63, 3.8) is 0 Å². The summed E-state index contributed by atoms with van der Waals surface area (Å²) in [6, 6.07) is 2.26. The number of imidazole rings is 1. The molecule has 1 aliphatic heterocycles. The molecule has 37 heavy (non-hydrogen) atoms. The number of nitrogens with zero attached hydrogens (tertiary/aromatic N) is 6. The first-order valence-corrected chi connectivity index (χ1v) is 12.3. The monoisotopic (exact) mass is 553 g/mol. The standard InChI is InChI=1S/C20H18F7N7O2S/c1-37(35,36)34-6-4-10(11(21)7-34)15-14(19(22,23)24)16(32-18(28)31-15)12-8-33(9-30-12)13-3-2-5-29-17(13)20(25,26)27/h2-3,5,8-11H,4,6-7H2,1H3,(H2,28,31,32)/t10-,11+/m1/s1. The van der Waals surface area contributed by atoms with Crippen LogP contribution in [0.3, 0.4) is 0 Å². The van der Waals surface area contributed by atoms with E-state index in [1.54, 1.807) is 0 Å². The fraction of sp³-hybridized carbons (Fsp3) is 0.400. The van der Waals surface area contributed by atoms with Crippen LogP contribution in [0.25, 0.3) is 17.1 Å². The number of hydrogen-bond acceptors (Lipinski definition) is 7. The van der Waals surface area contributed by atoms with Crippen LogP contribution in [-0.2, 0) is 22.4 Å². The average Bonchev–Trinajstić information content (AvgIpc) is 3.26. The van der Waals surface area contributed by atoms with Crippen molar-refractivity contribution in [2.24, 2.45) is 0 Å². The maximum Gasteiger partial charge on any atom is 0.435 e. The quantitative estimate of drug-likeness (QED) is 0.492. The molecular weight excluding hydrogens is 535 g/mol. The molecule has 2 atom stereocenters. The van der Waals surface area contributed by atoms with Crippen molar-refractivity contribution < 1.29 is 39.2 Å². The molecule has 0 bridgehead atoms. The minimum Gasteiger partial charge on any atom is -0.368 e. The molecule has 9 nitrogen and oxygen atoms in total. The van der Waals surface area contributed by atoms with Gasteiger partial charge in [0, 0.05) is 31.4 Å². The average molecular weight is 553 g/mol. The van der Waals surface area contributed by atoms with Crippen LogP contribution in [0.1, 0.15) is 29.3 Å². The maximum atomic E-state index is 15.0. The summed E-state index contributed by atoms with van der Waals surface area (Å²) >= 11 is 0. The minimum atomic E-state index is -5.14. The van der Waals surface area contributed by atoms with Gasteiger partial charge in [-0.05, 0) is 18.6 Å². The summed E-state index contributed by atoms with van der Waals surface area (Å²) in [4.78, 5) is 14.4. The van der Waals surface area contributed by atoms with Crippen LogP contribution in [0, 0.1) is 0 Å². The van der Waals surface area contributed by atoms with Crippen molar-refractivity contribution in [3.05, 3.63) is 47.8 Å². The van der Waals surface area contributed by atoms with E-state index in [0.717, 1.165) is 39.9 Å². The predicted octanol–water partition coefficient (Wildman–Crippen LogP) is 3.43. The van der Waals surface area contributed by atoms with E-state index in [2.05, 4.69) is 19.9 Å². The number of rotatable bonds is 4. The van der Waals surface area contributed by atoms with Crippen molar-refractivity contribution in [3.8, 4) is 17.1 Å². The molecule has 200 valence electrons. The van der Waals surface area contributed by atoms with Gasteiger partial charge >= 0.3 is 12.4 Å². The highest BCUT2D eigenvalue weighted by Crippen LogP contribution is 2.43. The van der Waals surface area contributed by atoms with Crippen LogP contribution in [0.5, 0.6) is 0 Å². The molecule has 0 aliphatic carbocycles. The van der Waals surface area contributed by atoms with Crippen LogP contribution in [-0.4, -0.2) is 62.7 Å². The highest BCUT2D eigenvalue weighted by atomic mass is 32.2. The van der Waals surface area contributed by atoms with Crippen LogP contribution < -0.4 is 5.73 Å². The van der Waals surface area contributed by atoms with E-state index in [0.29, 0.717) is 0 Å². The summed E-state index contributed by atoms with van der Waals surface area (Å²) in [6.45, 7) is -0.938. The largest absolute Gasteiger partial charge is 0.435 e. The highest BCUT2D eigenvalue weighted by Gasteiger charge is 2.45. The number of nitrogens with two attached hydrogens (primary N) is 1. The van der Waals surface area contributed by atoms with Crippen LogP contribution in [0.15, 0.2) is 30.9 Å². The molecule has 0 spiro atoms. The highest BCUT2D eigenvalue weighted by molar-refractivity contribution is 7.88. The van der Waals surface area contributed by atoms with Gasteiger partial charge in [0.25, 0.3) is 0 Å². The van der Waals surface area contributed by atoms with Gasteiger partial charge in [-0.3, -0.25) is 0 Å². The number of hydrogen-bond donors (Lipinski definition) is 1. The van der Waals surface area contributed by atoms with Gasteiger partial charge in [-0.25, -0.2) is 32.7 Å². The van der Waals surface area contributed by atoms with E-state index >= 15 is 4.39 Å². The predicted molar refractivity (Wildman–Crippen MR) is 115 cm³/mol. The molecule has 0 amide bonds. The molecular formula is C20H18F7N7O2S. The van der Waals surface area contributed by atoms with Gasteiger partial charge in [-0.1, -0.05) is 0 Å². The number of piperidine rings is 1. The third-order valence-electron chi connectivity index (χ3n) is 5.72. The first-order valence-electron chi connectivity index (χ1n) is 10.5. The molecule has 0 saturated carbocycles. The summed E-state index contributed by atoms with van der Waals surface area (Å²) in [5.74, 6) is -2.13. The van der Waals surface area contributed by atoms with Crippen molar-refractivity contribution in [1.29, 1.82) is 0 Å². The lowest BCUT2D eigenvalue weighted by atomic mass is 9.88. The molecule has 4 rings (SSSR count). The Morgan fingerprint density at radius 1 is 1.08 bits per heavy atom. The number of pyridine rings is 1. The van der Waals surface area contributed by atoms with Gasteiger partial charge in [0.05, 0.1) is 17.6 Å². The fourth-order valence-electron chi connectivity index (χ4n) is 4.12. The molecule has 0 aromatic carbocycles. The van der Waals surface area contributed by atoms with Gasteiger partial charge in [0.1, 0.15) is 29.5 Å². The van der Waals surface area contributed by atoms with Crippen molar-refractivity contribution >= 4 is 16.0 Å². The Morgan fingerprint density at radius 3 is 2.38 bits per heavy atom. The third kappa shape index (κ3) is 5.36. The molecule has 0 unspecified atom stereocenters. The molecule has 4 heterocycles. The molecule has 2 N–H and O–H groups in total. The first kappa shape index (κ1) is 26.7. The zero-order chi connectivity index (χ0) is 27.3. The minimum absolute atomic E-state index is 0.254. The SMILES string of the molecule is CS(=O)(=O)N1CC[C@@H](c2nc(N)nc(-c3cn(-c4cccnc4C(F)(F)F)cn3)c2C(F)(F)F)[C@@H](F)C1. The van der Waals surface area contributed by atoms with Gasteiger partial charge in [0.2, 0.25) is 16.0 Å². The number of halogens is 7. The fourth-order valence-corrected chi connectivity index (χ4v) is 4.97. The third-order valence-corrected chi connectivity index (χ3v) is 6.99. The van der Waals surface area contributed by atoms with Crippen LogP contribution in [0.2, 0.25) is 0 Å². The molecule has 17 heteroatoms. The molecule has 1 aliphatic rings. The Bertz CT molecular complexity index is 1420. The van der Waals surface area contributed by atoms with Gasteiger partial charge < -0.3 is 10.3 Å². The Kier molecular flexibility index (Phi) is 6.64. The first-order chi connectivity index (χ1) is 17.1. The van der Waals surface area contributed by atoms with Crippen molar-refractivity contribution in [1.82, 2.24) is 28.8 Å².